The number of hydrogen-bond acceptors (Lipinski definition) is 3. The van der Waals surface area contributed by atoms with E-state index in [1.165, 1.54) is 34.6 Å². The molecule has 0 bridgehead atoms. The average molecular weight is 408 g/mol. The van der Waals surface area contributed by atoms with E-state index in [4.69, 9.17) is 0 Å². The van der Waals surface area contributed by atoms with Crippen LogP contribution in [0.4, 0.5) is 8.78 Å². The quantitative estimate of drug-likeness (QED) is 0.799. The Morgan fingerprint density at radius 3 is 2.32 bits per heavy atom. The summed E-state index contributed by atoms with van der Waals surface area (Å²) in [6, 6.07) is 11.7. The summed E-state index contributed by atoms with van der Waals surface area (Å²) in [5, 5.41) is 2.81. The van der Waals surface area contributed by atoms with E-state index in [-0.39, 0.29) is 42.0 Å². The summed E-state index contributed by atoms with van der Waals surface area (Å²) < 4.78 is 53.1. The molecule has 1 N–H and O–H groups in total. The minimum atomic E-state index is -3.64. The third-order valence-electron chi connectivity index (χ3n) is 4.89. The molecule has 1 aliphatic rings. The molecule has 0 aromatic heterocycles. The molecular formula is C20H22F2N2O3S. The van der Waals surface area contributed by atoms with Gasteiger partial charge in [0.15, 0.2) is 0 Å². The van der Waals surface area contributed by atoms with Gasteiger partial charge in [0.1, 0.15) is 11.6 Å². The highest BCUT2D eigenvalue weighted by Crippen LogP contribution is 2.22. The molecule has 8 heteroatoms. The van der Waals surface area contributed by atoms with Crippen molar-refractivity contribution in [3.8, 4) is 0 Å². The Morgan fingerprint density at radius 1 is 1.04 bits per heavy atom. The lowest BCUT2D eigenvalue weighted by atomic mass is 9.97. The first kappa shape index (κ1) is 20.4. The van der Waals surface area contributed by atoms with Crippen LogP contribution in [-0.4, -0.2) is 31.7 Å². The molecule has 1 heterocycles. The first-order valence-electron chi connectivity index (χ1n) is 9.08. The van der Waals surface area contributed by atoms with E-state index in [9.17, 15) is 22.0 Å². The van der Waals surface area contributed by atoms with Crippen LogP contribution < -0.4 is 5.32 Å². The number of nitrogens with one attached hydrogen (secondary N) is 1. The van der Waals surface area contributed by atoms with E-state index in [0.717, 1.165) is 5.56 Å². The Hall–Kier alpha value is -2.32. The molecule has 0 unspecified atom stereocenters. The van der Waals surface area contributed by atoms with Gasteiger partial charge < -0.3 is 5.32 Å². The van der Waals surface area contributed by atoms with Gasteiger partial charge in [-0.3, -0.25) is 4.79 Å². The topological polar surface area (TPSA) is 66.5 Å². The van der Waals surface area contributed by atoms with Crippen molar-refractivity contribution in [2.24, 2.45) is 5.92 Å². The van der Waals surface area contributed by atoms with Crippen molar-refractivity contribution in [3.63, 3.8) is 0 Å². The molecule has 28 heavy (non-hydrogen) atoms. The van der Waals surface area contributed by atoms with Gasteiger partial charge in [0.05, 0.1) is 5.75 Å². The lowest BCUT2D eigenvalue weighted by molar-refractivity contribution is -0.126. The number of benzene rings is 2. The van der Waals surface area contributed by atoms with Gasteiger partial charge in [-0.15, -0.1) is 0 Å². The molecule has 0 aliphatic carbocycles. The molecule has 0 atom stereocenters. The Balaban J connectivity index is 1.51. The number of piperidine rings is 1. The van der Waals surface area contributed by atoms with Gasteiger partial charge in [0.25, 0.3) is 0 Å². The maximum Gasteiger partial charge on any atom is 0.223 e. The fourth-order valence-electron chi connectivity index (χ4n) is 3.24. The average Bonchev–Trinajstić information content (AvgIpc) is 2.69. The van der Waals surface area contributed by atoms with Crippen LogP contribution in [0.2, 0.25) is 0 Å². The first-order chi connectivity index (χ1) is 13.3. The molecule has 3 rings (SSSR count). The SMILES string of the molecule is O=C(NCc1ccc(F)cc1)C1CCN(S(=O)(=O)Cc2ccccc2F)CC1. The van der Waals surface area contributed by atoms with Gasteiger partial charge in [0, 0.05) is 31.1 Å². The number of rotatable bonds is 6. The highest BCUT2D eigenvalue weighted by atomic mass is 32.2. The largest absolute Gasteiger partial charge is 0.352 e. The molecule has 1 amide bonds. The third-order valence-corrected chi connectivity index (χ3v) is 6.72. The lowest BCUT2D eigenvalue weighted by Crippen LogP contribution is -2.43. The third kappa shape index (κ3) is 5.14. The molecule has 1 aliphatic heterocycles. The zero-order valence-electron chi connectivity index (χ0n) is 15.3. The van der Waals surface area contributed by atoms with Crippen molar-refractivity contribution >= 4 is 15.9 Å². The molecule has 1 fully saturated rings. The monoisotopic (exact) mass is 408 g/mol. The number of sulfonamides is 1. The van der Waals surface area contributed by atoms with Gasteiger partial charge in [-0.05, 0) is 36.6 Å². The molecule has 0 radical (unpaired) electrons. The summed E-state index contributed by atoms with van der Waals surface area (Å²) >= 11 is 0. The molecule has 1 saturated heterocycles. The van der Waals surface area contributed by atoms with Crippen LogP contribution in [0.15, 0.2) is 48.5 Å². The maximum atomic E-state index is 13.7. The van der Waals surface area contributed by atoms with E-state index < -0.39 is 15.8 Å². The van der Waals surface area contributed by atoms with Gasteiger partial charge in [-0.25, -0.2) is 21.5 Å². The number of carbonyl (C=O) groups is 1. The summed E-state index contributed by atoms with van der Waals surface area (Å²) in [5.74, 6) is -1.68. The van der Waals surface area contributed by atoms with Crippen LogP contribution in [0.1, 0.15) is 24.0 Å². The van der Waals surface area contributed by atoms with Crippen molar-refractivity contribution in [1.29, 1.82) is 0 Å². The molecule has 5 nitrogen and oxygen atoms in total. The number of amides is 1. The smallest absolute Gasteiger partial charge is 0.223 e. The normalized spacial score (nSPS) is 16.1. The molecule has 2 aromatic carbocycles. The number of halogens is 2. The molecule has 0 spiro atoms. The second kappa shape index (κ2) is 8.79. The summed E-state index contributed by atoms with van der Waals surface area (Å²) in [6.45, 7) is 0.752. The number of hydrogen-bond donors (Lipinski definition) is 1. The van der Waals surface area contributed by atoms with Gasteiger partial charge >= 0.3 is 0 Å². The number of nitrogens with zero attached hydrogens (tertiary/aromatic N) is 1. The number of carbonyl (C=O) groups excluding carboxylic acids is 1. The van der Waals surface area contributed by atoms with Crippen LogP contribution in [0.5, 0.6) is 0 Å². The summed E-state index contributed by atoms with van der Waals surface area (Å²) in [4.78, 5) is 12.3. The van der Waals surface area contributed by atoms with Crippen molar-refractivity contribution < 1.29 is 22.0 Å². The molecular weight excluding hydrogens is 386 g/mol. The Kier molecular flexibility index (Phi) is 6.41. The second-order valence-electron chi connectivity index (χ2n) is 6.87. The lowest BCUT2D eigenvalue weighted by Gasteiger charge is -2.30. The van der Waals surface area contributed by atoms with E-state index in [1.54, 1.807) is 18.2 Å². The van der Waals surface area contributed by atoms with E-state index in [2.05, 4.69) is 5.32 Å². The summed E-state index contributed by atoms with van der Waals surface area (Å²) in [6.07, 6.45) is 0.817. The Labute approximate surface area is 163 Å². The van der Waals surface area contributed by atoms with Crippen molar-refractivity contribution in [2.45, 2.75) is 25.1 Å². The van der Waals surface area contributed by atoms with Crippen LogP contribution in [0, 0.1) is 17.6 Å². The van der Waals surface area contributed by atoms with Gasteiger partial charge in [-0.2, -0.15) is 0 Å². The van der Waals surface area contributed by atoms with E-state index in [1.807, 2.05) is 0 Å². The second-order valence-corrected chi connectivity index (χ2v) is 8.83. The predicted octanol–water partition coefficient (Wildman–Crippen LogP) is 2.82. The van der Waals surface area contributed by atoms with Crippen molar-refractivity contribution in [3.05, 3.63) is 71.3 Å². The van der Waals surface area contributed by atoms with Gasteiger partial charge in [-0.1, -0.05) is 30.3 Å². The van der Waals surface area contributed by atoms with Gasteiger partial charge in [0.2, 0.25) is 15.9 Å². The van der Waals surface area contributed by atoms with E-state index >= 15 is 0 Å². The fraction of sp³-hybridized carbons (Fsp3) is 0.350. The Morgan fingerprint density at radius 2 is 1.68 bits per heavy atom. The van der Waals surface area contributed by atoms with Crippen LogP contribution in [-0.2, 0) is 27.1 Å². The standard InChI is InChI=1S/C20H22F2N2O3S/c21-18-7-5-15(6-8-18)13-23-20(25)16-9-11-24(12-10-16)28(26,27)14-17-3-1-2-4-19(17)22/h1-8,16H,9-14H2,(H,23,25). The Bertz CT molecular complexity index is 925. The zero-order chi connectivity index (χ0) is 20.1. The van der Waals surface area contributed by atoms with E-state index in [0.29, 0.717) is 19.4 Å². The maximum absolute atomic E-state index is 13.7. The summed E-state index contributed by atoms with van der Waals surface area (Å²) in [5.41, 5.74) is 0.932. The minimum Gasteiger partial charge on any atom is -0.352 e. The molecule has 2 aromatic rings. The van der Waals surface area contributed by atoms with Crippen LogP contribution in [0.3, 0.4) is 0 Å². The fourth-order valence-corrected chi connectivity index (χ4v) is 4.81. The summed E-state index contributed by atoms with van der Waals surface area (Å²) in [7, 11) is -3.64. The minimum absolute atomic E-state index is 0.140. The van der Waals surface area contributed by atoms with Crippen molar-refractivity contribution in [1.82, 2.24) is 9.62 Å². The molecule has 150 valence electrons. The zero-order valence-corrected chi connectivity index (χ0v) is 16.1. The molecule has 0 saturated carbocycles. The van der Waals surface area contributed by atoms with Crippen LogP contribution in [0.25, 0.3) is 0 Å². The first-order valence-corrected chi connectivity index (χ1v) is 10.7. The van der Waals surface area contributed by atoms with Crippen LogP contribution >= 0.6 is 0 Å². The predicted molar refractivity (Wildman–Crippen MR) is 102 cm³/mol. The highest BCUT2D eigenvalue weighted by molar-refractivity contribution is 7.88. The highest BCUT2D eigenvalue weighted by Gasteiger charge is 2.31. The van der Waals surface area contributed by atoms with Crippen molar-refractivity contribution in [2.75, 3.05) is 13.1 Å².